The van der Waals surface area contributed by atoms with E-state index in [-0.39, 0.29) is 12.0 Å². The van der Waals surface area contributed by atoms with E-state index in [1.165, 1.54) is 12.8 Å². The Labute approximate surface area is 118 Å². The summed E-state index contributed by atoms with van der Waals surface area (Å²) in [5, 5.41) is 6.76. The fraction of sp³-hybridized carbons (Fsp3) is 0.643. The quantitative estimate of drug-likeness (QED) is 0.783. The van der Waals surface area contributed by atoms with Gasteiger partial charge >= 0.3 is 0 Å². The number of nitrogens with one attached hydrogen (secondary N) is 1. The van der Waals surface area contributed by atoms with Crippen molar-refractivity contribution in [3.63, 3.8) is 0 Å². The van der Waals surface area contributed by atoms with Crippen LogP contribution < -0.4 is 14.8 Å². The average Bonchev–Trinajstić information content (AvgIpc) is 2.89. The number of ether oxygens (including phenoxy) is 2. The number of hydrogen-bond donors (Lipinski definition) is 1. The Balaban J connectivity index is 1.62. The van der Waals surface area contributed by atoms with Crippen molar-refractivity contribution < 1.29 is 14.3 Å². The van der Waals surface area contributed by atoms with Crippen molar-refractivity contribution in [2.75, 3.05) is 13.2 Å². The molecule has 0 spiro atoms. The van der Waals surface area contributed by atoms with Gasteiger partial charge in [-0.15, -0.1) is 11.3 Å². The lowest BCUT2D eigenvalue weighted by Crippen LogP contribution is -2.40. The Hall–Kier alpha value is -1.23. The third-order valence-corrected chi connectivity index (χ3v) is 3.80. The van der Waals surface area contributed by atoms with Crippen LogP contribution in [0.15, 0.2) is 10.8 Å². The van der Waals surface area contributed by atoms with E-state index < -0.39 is 0 Å². The molecule has 2 rings (SSSR count). The highest BCUT2D eigenvalue weighted by molar-refractivity contribution is 7.08. The zero-order chi connectivity index (χ0) is 13.5. The molecule has 1 aromatic rings. The van der Waals surface area contributed by atoms with Crippen LogP contribution in [-0.2, 0) is 4.79 Å². The lowest BCUT2D eigenvalue weighted by Gasteiger charge is -2.24. The molecule has 0 saturated carbocycles. The number of carbonyl (C=O) groups excluding carboxylic acids is 1. The lowest BCUT2D eigenvalue weighted by molar-refractivity contribution is -0.121. The predicted molar refractivity (Wildman–Crippen MR) is 76.0 cm³/mol. The summed E-state index contributed by atoms with van der Waals surface area (Å²) < 4.78 is 11.3. The molecule has 1 N–H and O–H groups in total. The molecular weight excluding hydrogens is 262 g/mol. The highest BCUT2D eigenvalue weighted by atomic mass is 32.1. The summed E-state index contributed by atoms with van der Waals surface area (Å²) in [6.45, 7) is 3.18. The molecule has 106 valence electrons. The summed E-state index contributed by atoms with van der Waals surface area (Å²) in [7, 11) is 0. The van der Waals surface area contributed by atoms with Crippen molar-refractivity contribution in [2.45, 2.75) is 45.1 Å². The summed E-state index contributed by atoms with van der Waals surface area (Å²) in [6.07, 6.45) is 5.02. The van der Waals surface area contributed by atoms with Crippen LogP contribution in [0.4, 0.5) is 0 Å². The standard InChI is InChI=1S/C14H21NO3S/c1-2-3-4-5-6-14(16)15-7-11-8-17-12-9-19-10-13(12)18-11/h9-11H,2-8H2,1H3,(H,15,16). The predicted octanol–water partition coefficient (Wildman–Crippen LogP) is 2.97. The van der Waals surface area contributed by atoms with Gasteiger partial charge in [0.25, 0.3) is 0 Å². The molecule has 4 nitrogen and oxygen atoms in total. The molecule has 19 heavy (non-hydrogen) atoms. The van der Waals surface area contributed by atoms with Gasteiger partial charge in [0, 0.05) is 17.2 Å². The van der Waals surface area contributed by atoms with Crippen LogP contribution in [-0.4, -0.2) is 25.2 Å². The Morgan fingerprint density at radius 1 is 1.37 bits per heavy atom. The van der Waals surface area contributed by atoms with Crippen molar-refractivity contribution in [3.05, 3.63) is 10.8 Å². The SMILES string of the molecule is CCCCCCC(=O)NCC1COc2cscc2O1. The van der Waals surface area contributed by atoms with Crippen LogP contribution in [0.2, 0.25) is 0 Å². The molecular formula is C14H21NO3S. The molecule has 0 radical (unpaired) electrons. The monoisotopic (exact) mass is 283 g/mol. The van der Waals surface area contributed by atoms with Crippen LogP contribution in [0.25, 0.3) is 0 Å². The average molecular weight is 283 g/mol. The van der Waals surface area contributed by atoms with Crippen molar-refractivity contribution in [2.24, 2.45) is 0 Å². The topological polar surface area (TPSA) is 47.6 Å². The van der Waals surface area contributed by atoms with Crippen molar-refractivity contribution in [1.29, 1.82) is 0 Å². The van der Waals surface area contributed by atoms with Gasteiger partial charge in [-0.25, -0.2) is 0 Å². The van der Waals surface area contributed by atoms with Crippen molar-refractivity contribution in [3.8, 4) is 11.5 Å². The first-order chi connectivity index (χ1) is 9.29. The number of thiophene rings is 1. The number of amides is 1. The molecule has 0 aromatic carbocycles. The largest absolute Gasteiger partial charge is 0.485 e. The van der Waals surface area contributed by atoms with Gasteiger partial charge in [0.1, 0.15) is 12.7 Å². The molecule has 5 heteroatoms. The molecule has 0 aliphatic carbocycles. The van der Waals surface area contributed by atoms with Gasteiger partial charge in [-0.05, 0) is 6.42 Å². The van der Waals surface area contributed by atoms with Crippen LogP contribution in [0, 0.1) is 0 Å². The van der Waals surface area contributed by atoms with E-state index in [4.69, 9.17) is 9.47 Å². The molecule has 2 heterocycles. The van der Waals surface area contributed by atoms with Gasteiger partial charge in [0.15, 0.2) is 11.5 Å². The summed E-state index contributed by atoms with van der Waals surface area (Å²) >= 11 is 1.56. The van der Waals surface area contributed by atoms with Gasteiger partial charge < -0.3 is 14.8 Å². The third kappa shape index (κ3) is 4.42. The van der Waals surface area contributed by atoms with Crippen molar-refractivity contribution in [1.82, 2.24) is 5.32 Å². The zero-order valence-corrected chi connectivity index (χ0v) is 12.1. The maximum atomic E-state index is 11.6. The summed E-state index contributed by atoms with van der Waals surface area (Å²) in [5.74, 6) is 1.71. The zero-order valence-electron chi connectivity index (χ0n) is 11.3. The number of unbranched alkanes of at least 4 members (excludes halogenated alkanes) is 3. The summed E-state index contributed by atoms with van der Waals surface area (Å²) in [6, 6.07) is 0. The Bertz CT molecular complexity index is 405. The minimum absolute atomic E-state index is 0.0818. The number of hydrogen-bond acceptors (Lipinski definition) is 4. The van der Waals surface area contributed by atoms with Crippen LogP contribution >= 0.6 is 11.3 Å². The first kappa shape index (κ1) is 14.2. The maximum absolute atomic E-state index is 11.6. The fourth-order valence-electron chi connectivity index (χ4n) is 1.99. The normalized spacial score (nSPS) is 17.2. The molecule has 1 atom stereocenters. The molecule has 0 fully saturated rings. The van der Waals surface area contributed by atoms with E-state index in [0.29, 0.717) is 19.6 Å². The van der Waals surface area contributed by atoms with Crippen LogP contribution in [0.5, 0.6) is 11.5 Å². The second-order valence-electron chi connectivity index (χ2n) is 4.77. The van der Waals surface area contributed by atoms with Gasteiger partial charge in [-0.2, -0.15) is 0 Å². The first-order valence-corrected chi connectivity index (χ1v) is 7.86. The Morgan fingerprint density at radius 2 is 2.21 bits per heavy atom. The maximum Gasteiger partial charge on any atom is 0.220 e. The minimum atomic E-state index is -0.0818. The third-order valence-electron chi connectivity index (χ3n) is 3.10. The van der Waals surface area contributed by atoms with Gasteiger partial charge in [-0.3, -0.25) is 4.79 Å². The molecule has 1 amide bonds. The van der Waals surface area contributed by atoms with E-state index in [1.54, 1.807) is 11.3 Å². The van der Waals surface area contributed by atoms with Gasteiger partial charge in [0.05, 0.1) is 6.54 Å². The summed E-state index contributed by atoms with van der Waals surface area (Å²) in [4.78, 5) is 11.6. The van der Waals surface area contributed by atoms with Gasteiger partial charge in [0.2, 0.25) is 5.91 Å². The lowest BCUT2D eigenvalue weighted by atomic mass is 10.1. The second-order valence-corrected chi connectivity index (χ2v) is 5.51. The molecule has 0 saturated heterocycles. The van der Waals surface area contributed by atoms with E-state index in [0.717, 1.165) is 24.3 Å². The highest BCUT2D eigenvalue weighted by Crippen LogP contribution is 2.35. The van der Waals surface area contributed by atoms with Crippen molar-refractivity contribution >= 4 is 17.2 Å². The molecule has 0 bridgehead atoms. The number of rotatable bonds is 7. The fourth-order valence-corrected chi connectivity index (χ4v) is 2.66. The first-order valence-electron chi connectivity index (χ1n) is 6.92. The van der Waals surface area contributed by atoms with E-state index in [1.807, 2.05) is 10.8 Å². The van der Waals surface area contributed by atoms with E-state index in [9.17, 15) is 4.79 Å². The molecule has 1 aliphatic rings. The molecule has 1 aromatic heterocycles. The van der Waals surface area contributed by atoms with Gasteiger partial charge in [-0.1, -0.05) is 26.2 Å². The highest BCUT2D eigenvalue weighted by Gasteiger charge is 2.21. The Kier molecular flexibility index (Phi) is 5.51. The van der Waals surface area contributed by atoms with Crippen LogP contribution in [0.3, 0.4) is 0 Å². The Morgan fingerprint density at radius 3 is 3.05 bits per heavy atom. The minimum Gasteiger partial charge on any atom is -0.485 e. The molecule has 1 aliphatic heterocycles. The van der Waals surface area contributed by atoms with Crippen LogP contribution in [0.1, 0.15) is 39.0 Å². The smallest absolute Gasteiger partial charge is 0.220 e. The van der Waals surface area contributed by atoms with E-state index in [2.05, 4.69) is 12.2 Å². The number of carbonyl (C=O) groups is 1. The number of fused-ring (bicyclic) bond motifs is 1. The second kappa shape index (κ2) is 7.38. The molecule has 1 unspecified atom stereocenters. The summed E-state index contributed by atoms with van der Waals surface area (Å²) in [5.41, 5.74) is 0. The van der Waals surface area contributed by atoms with E-state index >= 15 is 0 Å².